The van der Waals surface area contributed by atoms with Crippen molar-refractivity contribution in [3.05, 3.63) is 0 Å². The molecule has 0 saturated carbocycles. The SMILES string of the molecule is FC1(F)CC[NH2+]C1. The molecule has 0 atom stereocenters. The molecule has 3 heteroatoms. The molecule has 0 radical (unpaired) electrons. The number of hydrogen-bond acceptors (Lipinski definition) is 0. The second-order valence-corrected chi connectivity index (χ2v) is 1.89. The van der Waals surface area contributed by atoms with Crippen molar-refractivity contribution in [3.63, 3.8) is 0 Å². The van der Waals surface area contributed by atoms with Gasteiger partial charge in [-0.3, -0.25) is 0 Å². The largest absolute Gasteiger partial charge is 0.341 e. The van der Waals surface area contributed by atoms with E-state index < -0.39 is 5.92 Å². The van der Waals surface area contributed by atoms with Gasteiger partial charge in [-0.2, -0.15) is 0 Å². The molecule has 0 bridgehead atoms. The molecule has 0 amide bonds. The van der Waals surface area contributed by atoms with Crippen LogP contribution in [0, 0.1) is 0 Å². The molecule has 0 spiro atoms. The molecule has 1 fully saturated rings. The van der Waals surface area contributed by atoms with E-state index in [1.54, 1.807) is 5.32 Å². The van der Waals surface area contributed by atoms with E-state index in [-0.39, 0.29) is 13.0 Å². The van der Waals surface area contributed by atoms with Crippen LogP contribution in [-0.2, 0) is 0 Å². The van der Waals surface area contributed by atoms with Crippen molar-refractivity contribution >= 4 is 0 Å². The van der Waals surface area contributed by atoms with Crippen LogP contribution in [0.25, 0.3) is 0 Å². The van der Waals surface area contributed by atoms with Crippen LogP contribution in [0.5, 0.6) is 0 Å². The molecule has 1 aliphatic heterocycles. The van der Waals surface area contributed by atoms with Gasteiger partial charge in [0.25, 0.3) is 0 Å². The Morgan fingerprint density at radius 2 is 2.14 bits per heavy atom. The lowest BCUT2D eigenvalue weighted by Crippen LogP contribution is -2.82. The maximum atomic E-state index is 11.9. The van der Waals surface area contributed by atoms with Crippen molar-refractivity contribution in [2.75, 3.05) is 13.1 Å². The molecular weight excluding hydrogens is 100 g/mol. The highest BCUT2D eigenvalue weighted by Gasteiger charge is 2.36. The minimum atomic E-state index is -2.36. The quantitative estimate of drug-likeness (QED) is 0.434. The predicted octanol–water partition coefficient (Wildman–Crippen LogP) is -0.411. The van der Waals surface area contributed by atoms with Crippen LogP contribution in [0.15, 0.2) is 0 Å². The van der Waals surface area contributed by atoms with Crippen LogP contribution in [0.3, 0.4) is 0 Å². The van der Waals surface area contributed by atoms with Crippen molar-refractivity contribution in [1.82, 2.24) is 0 Å². The normalized spacial score (nSPS) is 28.3. The van der Waals surface area contributed by atoms with Gasteiger partial charge in [0.1, 0.15) is 6.54 Å². The number of quaternary nitrogens is 1. The second kappa shape index (κ2) is 1.40. The first-order valence-electron chi connectivity index (χ1n) is 2.40. The first-order chi connectivity index (χ1) is 3.21. The molecule has 1 rings (SSSR count). The van der Waals surface area contributed by atoms with Gasteiger partial charge in [-0.05, 0) is 0 Å². The zero-order chi connectivity index (χ0) is 5.33. The predicted molar refractivity (Wildman–Crippen MR) is 21.2 cm³/mol. The van der Waals surface area contributed by atoms with Crippen molar-refractivity contribution in [3.8, 4) is 0 Å². The summed E-state index contributed by atoms with van der Waals surface area (Å²) in [5.74, 6) is -2.36. The average molecular weight is 108 g/mol. The molecule has 0 aromatic rings. The fourth-order valence-corrected chi connectivity index (χ4v) is 0.729. The van der Waals surface area contributed by atoms with E-state index in [1.165, 1.54) is 0 Å². The molecule has 0 aromatic heterocycles. The summed E-state index contributed by atoms with van der Waals surface area (Å²) >= 11 is 0. The third-order valence-corrected chi connectivity index (χ3v) is 1.16. The Kier molecular flexibility index (Phi) is 0.995. The van der Waals surface area contributed by atoms with Crippen LogP contribution in [0.1, 0.15) is 6.42 Å². The zero-order valence-corrected chi connectivity index (χ0v) is 3.95. The Morgan fingerprint density at radius 1 is 1.43 bits per heavy atom. The maximum absolute atomic E-state index is 11.9. The second-order valence-electron chi connectivity index (χ2n) is 1.89. The van der Waals surface area contributed by atoms with Crippen molar-refractivity contribution in [2.45, 2.75) is 12.3 Å². The van der Waals surface area contributed by atoms with Gasteiger partial charge in [0.05, 0.1) is 13.0 Å². The lowest BCUT2D eigenvalue weighted by atomic mass is 10.3. The molecule has 0 aliphatic carbocycles. The van der Waals surface area contributed by atoms with Gasteiger partial charge in [-0.25, -0.2) is 8.78 Å². The van der Waals surface area contributed by atoms with Crippen LogP contribution in [0.4, 0.5) is 8.78 Å². The molecule has 0 unspecified atom stereocenters. The fourth-order valence-electron chi connectivity index (χ4n) is 0.729. The number of alkyl halides is 2. The Morgan fingerprint density at radius 3 is 2.29 bits per heavy atom. The van der Waals surface area contributed by atoms with Crippen LogP contribution in [0.2, 0.25) is 0 Å². The van der Waals surface area contributed by atoms with Gasteiger partial charge in [-0.1, -0.05) is 0 Å². The summed E-state index contributed by atoms with van der Waals surface area (Å²) in [6.07, 6.45) is 0.0625. The molecule has 7 heavy (non-hydrogen) atoms. The van der Waals surface area contributed by atoms with Gasteiger partial charge in [-0.15, -0.1) is 0 Å². The summed E-state index contributed by atoms with van der Waals surface area (Å²) in [6, 6.07) is 0. The zero-order valence-electron chi connectivity index (χ0n) is 3.95. The van der Waals surface area contributed by atoms with Gasteiger partial charge < -0.3 is 5.32 Å². The van der Waals surface area contributed by atoms with Gasteiger partial charge >= 0.3 is 5.92 Å². The van der Waals surface area contributed by atoms with Crippen molar-refractivity contribution in [1.29, 1.82) is 0 Å². The van der Waals surface area contributed by atoms with E-state index in [0.717, 1.165) is 0 Å². The van der Waals surface area contributed by atoms with E-state index in [2.05, 4.69) is 0 Å². The minimum Gasteiger partial charge on any atom is -0.341 e. The maximum Gasteiger partial charge on any atom is 0.300 e. The smallest absolute Gasteiger partial charge is 0.300 e. The highest BCUT2D eigenvalue weighted by atomic mass is 19.3. The van der Waals surface area contributed by atoms with Crippen molar-refractivity contribution < 1.29 is 14.1 Å². The number of nitrogens with two attached hydrogens (primary N) is 1. The van der Waals surface area contributed by atoms with Crippen LogP contribution < -0.4 is 5.32 Å². The standard InChI is InChI=1S/C4H7F2N/c5-4(6)1-2-7-3-4/h7H,1-3H2/p+1. The minimum absolute atomic E-state index is 0.00694. The first kappa shape index (κ1) is 4.97. The first-order valence-corrected chi connectivity index (χ1v) is 2.40. The molecule has 1 aliphatic rings. The molecular formula is C4H8F2N+. The van der Waals surface area contributed by atoms with Gasteiger partial charge in [0, 0.05) is 0 Å². The summed E-state index contributed by atoms with van der Waals surface area (Å²) in [7, 11) is 0. The van der Waals surface area contributed by atoms with Crippen molar-refractivity contribution in [2.24, 2.45) is 0 Å². The summed E-state index contributed by atoms with van der Waals surface area (Å²) in [4.78, 5) is 0. The molecule has 1 saturated heterocycles. The monoisotopic (exact) mass is 108 g/mol. The fraction of sp³-hybridized carbons (Fsp3) is 1.00. The number of hydrogen-bond donors (Lipinski definition) is 1. The average Bonchev–Trinajstić information content (AvgIpc) is 1.84. The molecule has 1 heterocycles. The van der Waals surface area contributed by atoms with E-state index in [9.17, 15) is 8.78 Å². The summed E-state index contributed by atoms with van der Waals surface area (Å²) in [5.41, 5.74) is 0. The lowest BCUT2D eigenvalue weighted by Gasteiger charge is -1.98. The number of rotatable bonds is 0. The lowest BCUT2D eigenvalue weighted by molar-refractivity contribution is -0.642. The molecule has 42 valence electrons. The molecule has 2 N–H and O–H groups in total. The summed E-state index contributed by atoms with van der Waals surface area (Å²) in [6.45, 7) is 0.583. The third-order valence-electron chi connectivity index (χ3n) is 1.16. The number of halogens is 2. The Balaban J connectivity index is 2.40. The molecule has 0 aromatic carbocycles. The van der Waals surface area contributed by atoms with Gasteiger partial charge in [0.2, 0.25) is 0 Å². The molecule has 1 nitrogen and oxygen atoms in total. The van der Waals surface area contributed by atoms with E-state index in [0.29, 0.717) is 6.54 Å². The Labute approximate surface area is 40.7 Å². The highest BCUT2D eigenvalue weighted by molar-refractivity contribution is 4.65. The van der Waals surface area contributed by atoms with E-state index in [1.807, 2.05) is 0 Å². The highest BCUT2D eigenvalue weighted by Crippen LogP contribution is 2.16. The van der Waals surface area contributed by atoms with Gasteiger partial charge in [0.15, 0.2) is 0 Å². The Hall–Kier alpha value is -0.180. The third kappa shape index (κ3) is 1.09. The van der Waals surface area contributed by atoms with Crippen LogP contribution >= 0.6 is 0 Å². The van der Waals surface area contributed by atoms with E-state index in [4.69, 9.17) is 0 Å². The topological polar surface area (TPSA) is 16.6 Å². The summed E-state index contributed by atoms with van der Waals surface area (Å²) < 4.78 is 23.8. The van der Waals surface area contributed by atoms with E-state index >= 15 is 0 Å². The summed E-state index contributed by atoms with van der Waals surface area (Å²) in [5, 5.41) is 1.64. The van der Waals surface area contributed by atoms with Crippen LogP contribution in [-0.4, -0.2) is 19.0 Å². The Bertz CT molecular complexity index is 64.1.